The van der Waals surface area contributed by atoms with Crippen molar-refractivity contribution >= 4 is 40.3 Å². The number of amides is 1. The zero-order valence-electron chi connectivity index (χ0n) is 23.2. The Morgan fingerprint density at radius 1 is 1.15 bits per heavy atom. The minimum absolute atomic E-state index is 0.316. The summed E-state index contributed by atoms with van der Waals surface area (Å²) in [5.41, 5.74) is 3.26. The first-order valence-corrected chi connectivity index (χ1v) is 15.3. The summed E-state index contributed by atoms with van der Waals surface area (Å²) in [6, 6.07) is 12.1. The van der Waals surface area contributed by atoms with E-state index in [-0.39, 0.29) is 0 Å². The smallest absolute Gasteiger partial charge is 0.336 e. The Balaban J connectivity index is 1.52. The number of oxime groups is 1. The molecule has 1 aliphatic carbocycles. The number of hydrogen-bond acceptors (Lipinski definition) is 8. The van der Waals surface area contributed by atoms with Crippen molar-refractivity contribution in [1.82, 2.24) is 5.32 Å². The molecule has 0 bridgehead atoms. The van der Waals surface area contributed by atoms with Crippen LogP contribution in [-0.4, -0.2) is 53.0 Å². The quantitative estimate of drug-likeness (QED) is 0.259. The number of aliphatic carboxylic acids is 1. The molecule has 2 N–H and O–H groups in total. The number of carboxylic acid groups (broad SMARTS) is 1. The highest BCUT2D eigenvalue weighted by Gasteiger charge is 2.42. The van der Waals surface area contributed by atoms with E-state index >= 15 is 0 Å². The van der Waals surface area contributed by atoms with Gasteiger partial charge < -0.3 is 24.4 Å². The Hall–Kier alpha value is -3.79. The van der Waals surface area contributed by atoms with Crippen molar-refractivity contribution < 1.29 is 28.7 Å². The molecule has 2 aromatic carbocycles. The average molecular weight is 579 g/mol. The summed E-state index contributed by atoms with van der Waals surface area (Å²) >= 11 is 1.51. The van der Waals surface area contributed by atoms with Crippen LogP contribution in [0, 0.1) is 6.92 Å². The lowest BCUT2D eigenvalue weighted by atomic mass is 9.77. The zero-order valence-corrected chi connectivity index (χ0v) is 24.1. The van der Waals surface area contributed by atoms with Crippen LogP contribution in [0.25, 0.3) is 22.1 Å². The first-order chi connectivity index (χ1) is 19.8. The standard InChI is InChI=1S/C31H34N2O7S/c1-19-28-22(21(16-27(35)39-28)20-9-5-3-6-10-20)15-23-25(17-31(40-29(19)23)12-7-4-8-13-31)33-38-18-26(34)32-24(30(36)37)11-14-41-2/h3,5-6,9-10,15-16,24H,4,7-8,11-14,17-18H2,1-2H3,(H,32,34)(H,36,37). The topological polar surface area (TPSA) is 127 Å². The van der Waals surface area contributed by atoms with Gasteiger partial charge >= 0.3 is 11.6 Å². The third-order valence-electron chi connectivity index (χ3n) is 7.80. The maximum absolute atomic E-state index is 12.6. The van der Waals surface area contributed by atoms with Gasteiger partial charge in [0.05, 0.1) is 5.71 Å². The molecule has 0 saturated heterocycles. The van der Waals surface area contributed by atoms with Crippen molar-refractivity contribution in [2.24, 2.45) is 5.16 Å². The van der Waals surface area contributed by atoms with Gasteiger partial charge in [-0.15, -0.1) is 0 Å². The summed E-state index contributed by atoms with van der Waals surface area (Å²) in [5, 5.41) is 17.1. The highest BCUT2D eigenvalue weighted by molar-refractivity contribution is 7.98. The number of carbonyl (C=O) groups is 2. The van der Waals surface area contributed by atoms with Crippen LogP contribution in [0.15, 0.2) is 56.8 Å². The number of hydrogen-bond donors (Lipinski definition) is 2. The SMILES string of the molecule is CSCCC(NC(=O)CON=C1CC2(CCCCC2)Oc2c1cc1c(-c3ccccc3)cc(=O)oc1c2C)C(=O)O. The van der Waals surface area contributed by atoms with Crippen molar-refractivity contribution in [3.8, 4) is 16.9 Å². The summed E-state index contributed by atoms with van der Waals surface area (Å²) in [5.74, 6) is -0.420. The number of thioether (sulfide) groups is 1. The van der Waals surface area contributed by atoms with Crippen LogP contribution in [0.5, 0.6) is 5.75 Å². The number of carboxylic acids is 1. The molecule has 2 aliphatic rings. The Bertz CT molecular complexity index is 1530. The Kier molecular flexibility index (Phi) is 8.68. The highest BCUT2D eigenvalue weighted by atomic mass is 32.2. The molecule has 1 aliphatic heterocycles. The maximum atomic E-state index is 12.6. The average Bonchev–Trinajstić information content (AvgIpc) is 2.96. The molecule has 1 amide bonds. The molecule has 0 radical (unpaired) electrons. The molecule has 1 atom stereocenters. The van der Waals surface area contributed by atoms with E-state index < -0.39 is 35.8 Å². The van der Waals surface area contributed by atoms with E-state index in [9.17, 15) is 19.5 Å². The van der Waals surface area contributed by atoms with E-state index in [1.165, 1.54) is 17.8 Å². The monoisotopic (exact) mass is 578 g/mol. The van der Waals surface area contributed by atoms with Gasteiger partial charge in [-0.3, -0.25) is 4.79 Å². The molecule has 1 spiro atoms. The zero-order chi connectivity index (χ0) is 29.0. The molecule has 5 rings (SSSR count). The molecule has 41 heavy (non-hydrogen) atoms. The van der Waals surface area contributed by atoms with Gasteiger partial charge in [-0.2, -0.15) is 11.8 Å². The number of nitrogens with zero attached hydrogens (tertiary/aromatic N) is 1. The fourth-order valence-corrected chi connectivity index (χ4v) is 6.22. The molecule has 216 valence electrons. The van der Waals surface area contributed by atoms with Gasteiger partial charge in [0.25, 0.3) is 5.91 Å². The molecular formula is C31H34N2O7S. The molecule has 1 unspecified atom stereocenters. The fourth-order valence-electron chi connectivity index (χ4n) is 5.75. The predicted octanol–water partition coefficient (Wildman–Crippen LogP) is 5.30. The lowest BCUT2D eigenvalue weighted by molar-refractivity contribution is -0.142. The molecular weight excluding hydrogens is 544 g/mol. The first kappa shape index (κ1) is 28.7. The summed E-state index contributed by atoms with van der Waals surface area (Å²) in [4.78, 5) is 42.2. The lowest BCUT2D eigenvalue weighted by Crippen LogP contribution is -2.44. The number of ether oxygens (including phenoxy) is 1. The van der Waals surface area contributed by atoms with E-state index in [1.54, 1.807) is 0 Å². The van der Waals surface area contributed by atoms with Crippen molar-refractivity contribution in [3.05, 3.63) is 64.0 Å². The van der Waals surface area contributed by atoms with Gasteiger partial charge in [-0.1, -0.05) is 41.9 Å². The van der Waals surface area contributed by atoms with E-state index in [4.69, 9.17) is 14.0 Å². The largest absolute Gasteiger partial charge is 0.486 e. The van der Waals surface area contributed by atoms with E-state index in [2.05, 4.69) is 10.5 Å². The number of aryl methyl sites for hydroxylation is 1. The maximum Gasteiger partial charge on any atom is 0.336 e. The van der Waals surface area contributed by atoms with E-state index in [0.29, 0.717) is 41.2 Å². The molecule has 3 aromatic rings. The number of fused-ring (bicyclic) bond motifs is 2. The Morgan fingerprint density at radius 3 is 2.61 bits per heavy atom. The second-order valence-corrected chi connectivity index (χ2v) is 11.7. The minimum atomic E-state index is -1.08. The van der Waals surface area contributed by atoms with Crippen molar-refractivity contribution in [2.45, 2.75) is 63.5 Å². The summed E-state index contributed by atoms with van der Waals surface area (Å²) < 4.78 is 12.4. The number of rotatable bonds is 9. The lowest BCUT2D eigenvalue weighted by Gasteiger charge is -2.42. The van der Waals surface area contributed by atoms with Gasteiger partial charge in [0.2, 0.25) is 0 Å². The third kappa shape index (κ3) is 6.27. The van der Waals surface area contributed by atoms with Gasteiger partial charge in [-0.25, -0.2) is 9.59 Å². The van der Waals surface area contributed by atoms with Crippen LogP contribution in [0.1, 0.15) is 56.1 Å². The molecule has 1 aromatic heterocycles. The normalized spacial score (nSPS) is 17.6. The number of nitrogens with one attached hydrogen (secondary N) is 1. The van der Waals surface area contributed by atoms with Crippen molar-refractivity contribution in [3.63, 3.8) is 0 Å². The van der Waals surface area contributed by atoms with Crippen molar-refractivity contribution in [2.75, 3.05) is 18.6 Å². The van der Waals surface area contributed by atoms with Gasteiger partial charge in [0.15, 0.2) is 6.61 Å². The summed E-state index contributed by atoms with van der Waals surface area (Å²) in [6.45, 7) is 1.47. The molecule has 2 heterocycles. The van der Waals surface area contributed by atoms with Gasteiger partial charge in [0.1, 0.15) is 23.0 Å². The Labute approximate surface area is 242 Å². The van der Waals surface area contributed by atoms with Crippen LogP contribution in [-0.2, 0) is 14.4 Å². The van der Waals surface area contributed by atoms with E-state index in [0.717, 1.165) is 54.2 Å². The van der Waals surface area contributed by atoms with E-state index in [1.807, 2.05) is 49.6 Å². The van der Waals surface area contributed by atoms with Crippen molar-refractivity contribution in [1.29, 1.82) is 0 Å². The van der Waals surface area contributed by atoms with Crippen LogP contribution in [0.2, 0.25) is 0 Å². The summed E-state index contributed by atoms with van der Waals surface area (Å²) in [6.07, 6.45) is 7.60. The molecule has 9 nitrogen and oxygen atoms in total. The van der Waals surface area contributed by atoms with Crippen LogP contribution >= 0.6 is 11.8 Å². The second-order valence-electron chi connectivity index (χ2n) is 10.7. The third-order valence-corrected chi connectivity index (χ3v) is 8.44. The number of carbonyl (C=O) groups excluding carboxylic acids is 1. The van der Waals surface area contributed by atoms with Crippen LogP contribution in [0.3, 0.4) is 0 Å². The van der Waals surface area contributed by atoms with Crippen LogP contribution < -0.4 is 15.7 Å². The molecule has 1 saturated carbocycles. The molecule has 1 fully saturated rings. The summed E-state index contributed by atoms with van der Waals surface area (Å²) in [7, 11) is 0. The fraction of sp³-hybridized carbons (Fsp3) is 0.419. The molecule has 10 heteroatoms. The van der Waals surface area contributed by atoms with Gasteiger partial charge in [-0.05, 0) is 68.2 Å². The Morgan fingerprint density at radius 2 is 1.90 bits per heavy atom. The highest BCUT2D eigenvalue weighted by Crippen LogP contribution is 2.46. The van der Waals surface area contributed by atoms with Crippen LogP contribution in [0.4, 0.5) is 0 Å². The predicted molar refractivity (Wildman–Crippen MR) is 159 cm³/mol. The number of benzene rings is 2. The van der Waals surface area contributed by atoms with Gasteiger partial charge in [0, 0.05) is 29.0 Å². The minimum Gasteiger partial charge on any atom is -0.486 e. The first-order valence-electron chi connectivity index (χ1n) is 13.9. The second kappa shape index (κ2) is 12.4.